The predicted molar refractivity (Wildman–Crippen MR) is 201 cm³/mol. The Morgan fingerprint density at radius 2 is 0.830 bits per heavy atom. The maximum absolute atomic E-state index is 12.2. The molecule has 47 heavy (non-hydrogen) atoms. The van der Waals surface area contributed by atoms with E-state index in [2.05, 4.69) is 20.8 Å². The molecule has 0 spiro atoms. The van der Waals surface area contributed by atoms with E-state index in [9.17, 15) is 14.7 Å². The third-order valence-corrected chi connectivity index (χ3v) is 9.94. The second kappa shape index (κ2) is 37.7. The van der Waals surface area contributed by atoms with E-state index in [1.165, 1.54) is 167 Å². The van der Waals surface area contributed by atoms with Gasteiger partial charge in [-0.05, 0) is 18.8 Å². The first-order chi connectivity index (χ1) is 23.0. The third kappa shape index (κ3) is 36.0. The molecule has 0 amide bonds. The van der Waals surface area contributed by atoms with Gasteiger partial charge in [-0.1, -0.05) is 207 Å². The summed E-state index contributed by atoms with van der Waals surface area (Å²) >= 11 is 0. The lowest BCUT2D eigenvalue weighted by Crippen LogP contribution is -2.28. The average molecular weight is 667 g/mol. The standard InChI is InChI=1S/C42H82O5/c1-4-6-7-8-9-10-11-12-13-17-20-23-26-29-32-35-41(44)46-38-40(37-43)47-42(45)36-33-30-27-24-21-18-15-14-16-19-22-25-28-31-34-39(3)5-2/h39-40,43H,4-38H2,1-3H3/t39?,40-/m0/s1. The fourth-order valence-corrected chi connectivity index (χ4v) is 6.36. The van der Waals surface area contributed by atoms with E-state index in [4.69, 9.17) is 9.47 Å². The first kappa shape index (κ1) is 45.9. The van der Waals surface area contributed by atoms with Crippen LogP contribution in [0, 0.1) is 5.92 Å². The van der Waals surface area contributed by atoms with Crippen molar-refractivity contribution < 1.29 is 24.2 Å². The Morgan fingerprint density at radius 3 is 1.19 bits per heavy atom. The number of aliphatic hydroxyl groups is 1. The molecular formula is C42H82O5. The van der Waals surface area contributed by atoms with Crippen molar-refractivity contribution in [3.63, 3.8) is 0 Å². The summed E-state index contributed by atoms with van der Waals surface area (Å²) in [6, 6.07) is 0. The Labute approximate surface area is 293 Å². The van der Waals surface area contributed by atoms with Crippen LogP contribution in [-0.4, -0.2) is 36.4 Å². The lowest BCUT2D eigenvalue weighted by atomic mass is 9.99. The fraction of sp³-hybridized carbons (Fsp3) is 0.952. The highest BCUT2D eigenvalue weighted by Gasteiger charge is 2.16. The summed E-state index contributed by atoms with van der Waals surface area (Å²) in [6.45, 7) is 6.56. The van der Waals surface area contributed by atoms with Gasteiger partial charge in [-0.15, -0.1) is 0 Å². The molecule has 0 saturated carbocycles. The molecule has 0 aliphatic heterocycles. The van der Waals surface area contributed by atoms with Gasteiger partial charge in [0.15, 0.2) is 6.10 Å². The van der Waals surface area contributed by atoms with Crippen molar-refractivity contribution in [1.82, 2.24) is 0 Å². The van der Waals surface area contributed by atoms with Gasteiger partial charge in [0.05, 0.1) is 6.61 Å². The number of hydrogen-bond acceptors (Lipinski definition) is 5. The van der Waals surface area contributed by atoms with Crippen molar-refractivity contribution in [2.24, 2.45) is 5.92 Å². The minimum atomic E-state index is -0.762. The smallest absolute Gasteiger partial charge is 0.306 e. The molecule has 0 aliphatic rings. The maximum atomic E-state index is 12.2. The minimum Gasteiger partial charge on any atom is -0.462 e. The minimum absolute atomic E-state index is 0.0573. The maximum Gasteiger partial charge on any atom is 0.306 e. The van der Waals surface area contributed by atoms with Crippen molar-refractivity contribution in [3.8, 4) is 0 Å². The normalized spacial score (nSPS) is 12.7. The van der Waals surface area contributed by atoms with E-state index in [1.54, 1.807) is 0 Å². The summed E-state index contributed by atoms with van der Waals surface area (Å²) in [6.07, 6.45) is 40.1. The topological polar surface area (TPSA) is 72.8 Å². The predicted octanol–water partition coefficient (Wildman–Crippen LogP) is 13.0. The van der Waals surface area contributed by atoms with Crippen LogP contribution in [0.2, 0.25) is 0 Å². The Morgan fingerprint density at radius 1 is 0.489 bits per heavy atom. The number of unbranched alkanes of at least 4 members (excludes halogenated alkanes) is 27. The molecule has 2 atom stereocenters. The fourth-order valence-electron chi connectivity index (χ4n) is 6.36. The van der Waals surface area contributed by atoms with Crippen LogP contribution in [0.4, 0.5) is 0 Å². The SMILES string of the molecule is CCCCCCCCCCCCCCCCCC(=O)OC[C@H](CO)OC(=O)CCCCCCCCCCCCCCCCC(C)CC. The lowest BCUT2D eigenvalue weighted by molar-refractivity contribution is -0.161. The van der Waals surface area contributed by atoms with Gasteiger partial charge in [0.2, 0.25) is 0 Å². The molecule has 5 nitrogen and oxygen atoms in total. The van der Waals surface area contributed by atoms with E-state index in [0.29, 0.717) is 12.8 Å². The molecule has 0 aromatic heterocycles. The molecule has 0 bridgehead atoms. The van der Waals surface area contributed by atoms with E-state index in [1.807, 2.05) is 0 Å². The number of esters is 2. The number of carbonyl (C=O) groups is 2. The summed E-state index contributed by atoms with van der Waals surface area (Å²) in [4.78, 5) is 24.3. The number of ether oxygens (including phenoxy) is 2. The zero-order chi connectivity index (χ0) is 34.5. The molecular weight excluding hydrogens is 584 g/mol. The Balaban J connectivity index is 3.49. The molecule has 1 unspecified atom stereocenters. The van der Waals surface area contributed by atoms with Crippen molar-refractivity contribution in [3.05, 3.63) is 0 Å². The summed E-state index contributed by atoms with van der Waals surface area (Å²) in [5.74, 6) is 0.328. The number of aliphatic hydroxyl groups excluding tert-OH is 1. The van der Waals surface area contributed by atoms with E-state index in [-0.39, 0.29) is 25.2 Å². The van der Waals surface area contributed by atoms with Gasteiger partial charge in [-0.2, -0.15) is 0 Å². The molecule has 0 fully saturated rings. The highest BCUT2D eigenvalue weighted by Crippen LogP contribution is 2.17. The Hall–Kier alpha value is -1.10. The Bertz CT molecular complexity index is 651. The Kier molecular flexibility index (Phi) is 36.8. The molecule has 0 heterocycles. The van der Waals surface area contributed by atoms with E-state index >= 15 is 0 Å². The second-order valence-electron chi connectivity index (χ2n) is 14.7. The summed E-state index contributed by atoms with van der Waals surface area (Å²) in [5.41, 5.74) is 0. The second-order valence-corrected chi connectivity index (χ2v) is 14.7. The van der Waals surface area contributed by atoms with Crippen molar-refractivity contribution in [2.45, 2.75) is 239 Å². The van der Waals surface area contributed by atoms with Crippen molar-refractivity contribution in [1.29, 1.82) is 0 Å². The molecule has 0 aliphatic carbocycles. The highest BCUT2D eigenvalue weighted by molar-refractivity contribution is 5.70. The van der Waals surface area contributed by atoms with Crippen LogP contribution in [0.1, 0.15) is 233 Å². The largest absolute Gasteiger partial charge is 0.462 e. The van der Waals surface area contributed by atoms with Crippen LogP contribution in [0.25, 0.3) is 0 Å². The summed E-state index contributed by atoms with van der Waals surface area (Å²) in [5, 5.41) is 9.56. The molecule has 0 aromatic carbocycles. The van der Waals surface area contributed by atoms with Gasteiger partial charge in [-0.25, -0.2) is 0 Å². The van der Waals surface area contributed by atoms with Crippen LogP contribution >= 0.6 is 0 Å². The number of hydrogen-bond donors (Lipinski definition) is 1. The molecule has 0 rings (SSSR count). The lowest BCUT2D eigenvalue weighted by Gasteiger charge is -2.15. The van der Waals surface area contributed by atoms with Gasteiger partial charge in [0.25, 0.3) is 0 Å². The number of rotatable bonds is 38. The molecule has 5 heteroatoms. The summed E-state index contributed by atoms with van der Waals surface area (Å²) in [7, 11) is 0. The first-order valence-corrected chi connectivity index (χ1v) is 21.0. The zero-order valence-electron chi connectivity index (χ0n) is 32.0. The van der Waals surface area contributed by atoms with E-state index in [0.717, 1.165) is 38.0 Å². The third-order valence-electron chi connectivity index (χ3n) is 9.94. The zero-order valence-corrected chi connectivity index (χ0v) is 32.0. The van der Waals surface area contributed by atoms with Crippen LogP contribution in [0.15, 0.2) is 0 Å². The van der Waals surface area contributed by atoms with E-state index < -0.39 is 6.10 Å². The molecule has 1 N–H and O–H groups in total. The van der Waals surface area contributed by atoms with Gasteiger partial charge in [0, 0.05) is 12.8 Å². The van der Waals surface area contributed by atoms with Gasteiger partial charge in [0.1, 0.15) is 6.61 Å². The van der Waals surface area contributed by atoms with Gasteiger partial charge >= 0.3 is 11.9 Å². The number of carbonyl (C=O) groups excluding carboxylic acids is 2. The average Bonchev–Trinajstić information content (AvgIpc) is 3.07. The van der Waals surface area contributed by atoms with Crippen molar-refractivity contribution >= 4 is 11.9 Å². The highest BCUT2D eigenvalue weighted by atomic mass is 16.6. The monoisotopic (exact) mass is 667 g/mol. The van der Waals surface area contributed by atoms with Crippen LogP contribution in [0.5, 0.6) is 0 Å². The quantitative estimate of drug-likeness (QED) is 0.0524. The molecule has 0 saturated heterocycles. The molecule has 0 radical (unpaired) electrons. The first-order valence-electron chi connectivity index (χ1n) is 21.0. The van der Waals surface area contributed by atoms with Gasteiger partial charge in [-0.3, -0.25) is 9.59 Å². The van der Waals surface area contributed by atoms with Crippen LogP contribution in [0.3, 0.4) is 0 Å². The van der Waals surface area contributed by atoms with Crippen molar-refractivity contribution in [2.75, 3.05) is 13.2 Å². The van der Waals surface area contributed by atoms with Gasteiger partial charge < -0.3 is 14.6 Å². The molecule has 0 aromatic rings. The van der Waals surface area contributed by atoms with Crippen LogP contribution < -0.4 is 0 Å². The molecule has 280 valence electrons. The van der Waals surface area contributed by atoms with Crippen LogP contribution in [-0.2, 0) is 19.1 Å². The summed E-state index contributed by atoms with van der Waals surface area (Å²) < 4.78 is 10.6.